The molecule has 0 radical (unpaired) electrons. The summed E-state index contributed by atoms with van der Waals surface area (Å²) in [5, 5.41) is 0. The third-order valence-electron chi connectivity index (χ3n) is 5.07. The van der Waals surface area contributed by atoms with Crippen molar-refractivity contribution in [1.82, 2.24) is 9.80 Å². The summed E-state index contributed by atoms with van der Waals surface area (Å²) in [6.07, 6.45) is -3.79. The summed E-state index contributed by atoms with van der Waals surface area (Å²) >= 11 is 0. The Morgan fingerprint density at radius 2 is 1.74 bits per heavy atom. The second-order valence-corrected chi connectivity index (χ2v) is 7.41. The fourth-order valence-corrected chi connectivity index (χ4v) is 3.32. The molecule has 1 aliphatic heterocycles. The lowest BCUT2D eigenvalue weighted by Gasteiger charge is -2.35. The molecule has 168 valence electrons. The van der Waals surface area contributed by atoms with E-state index in [-0.39, 0.29) is 18.3 Å². The van der Waals surface area contributed by atoms with Crippen LogP contribution in [0.5, 0.6) is 0 Å². The van der Waals surface area contributed by atoms with Crippen molar-refractivity contribution in [2.24, 2.45) is 0 Å². The van der Waals surface area contributed by atoms with Crippen LogP contribution in [-0.4, -0.2) is 60.8 Å². The number of hydrogen-bond acceptors (Lipinski definition) is 3. The molecule has 9 heteroatoms. The number of rotatable bonds is 8. The first-order valence-corrected chi connectivity index (χ1v) is 9.84. The number of benzene rings is 2. The summed E-state index contributed by atoms with van der Waals surface area (Å²) in [7, 11) is 0. The highest BCUT2D eigenvalue weighted by Gasteiger charge is 2.40. The highest BCUT2D eigenvalue weighted by molar-refractivity contribution is 5.94. The molecule has 1 fully saturated rings. The van der Waals surface area contributed by atoms with Gasteiger partial charge < -0.3 is 9.64 Å². The van der Waals surface area contributed by atoms with Gasteiger partial charge in [-0.05, 0) is 23.8 Å². The van der Waals surface area contributed by atoms with Gasteiger partial charge in [0.05, 0.1) is 6.61 Å². The number of nitrogens with zero attached hydrogens (tertiary/aromatic N) is 2. The number of carbonyl (C=O) groups is 1. The van der Waals surface area contributed by atoms with Gasteiger partial charge in [0, 0.05) is 43.9 Å². The number of hydrogen-bond donors (Lipinski definition) is 0. The second-order valence-electron chi connectivity index (χ2n) is 7.41. The van der Waals surface area contributed by atoms with Crippen LogP contribution in [0.25, 0.3) is 0 Å². The summed E-state index contributed by atoms with van der Waals surface area (Å²) in [4.78, 5) is 16.5. The topological polar surface area (TPSA) is 32.8 Å². The van der Waals surface area contributed by atoms with E-state index in [2.05, 4.69) is 4.90 Å². The van der Waals surface area contributed by atoms with E-state index in [1.165, 1.54) is 12.1 Å². The maximum atomic E-state index is 13.8. The first-order valence-electron chi connectivity index (χ1n) is 9.84. The second kappa shape index (κ2) is 10.2. The van der Waals surface area contributed by atoms with Crippen LogP contribution in [0, 0.1) is 5.82 Å². The lowest BCUT2D eigenvalue weighted by atomic mass is 10.1. The Labute approximate surface area is 177 Å². The number of amides is 1. The standard InChI is InChI=1S/C22H23F5N2O2/c23-19-7-2-1-5-18(19)13-28-8-10-29(11-9-28)20(30)17-6-3-4-16(12-17)14-31-15-22(26,27)21(24)25/h1-7,12,21H,8-11,13-15H2. The van der Waals surface area contributed by atoms with Gasteiger partial charge in [0.2, 0.25) is 0 Å². The van der Waals surface area contributed by atoms with Crippen LogP contribution >= 0.6 is 0 Å². The van der Waals surface area contributed by atoms with E-state index < -0.39 is 19.0 Å². The fourth-order valence-electron chi connectivity index (χ4n) is 3.32. The quantitative estimate of drug-likeness (QED) is 0.575. The van der Waals surface area contributed by atoms with Crippen molar-refractivity contribution in [2.45, 2.75) is 25.5 Å². The summed E-state index contributed by atoms with van der Waals surface area (Å²) in [5.74, 6) is -4.69. The molecule has 4 nitrogen and oxygen atoms in total. The van der Waals surface area contributed by atoms with Gasteiger partial charge in [-0.25, -0.2) is 13.2 Å². The zero-order valence-corrected chi connectivity index (χ0v) is 16.7. The average molecular weight is 442 g/mol. The number of ether oxygens (including phenoxy) is 1. The molecule has 0 unspecified atom stereocenters. The monoisotopic (exact) mass is 442 g/mol. The van der Waals surface area contributed by atoms with Crippen LogP contribution < -0.4 is 0 Å². The third-order valence-corrected chi connectivity index (χ3v) is 5.07. The van der Waals surface area contributed by atoms with E-state index in [9.17, 15) is 26.7 Å². The molecule has 1 amide bonds. The van der Waals surface area contributed by atoms with Crippen molar-refractivity contribution in [3.8, 4) is 0 Å². The largest absolute Gasteiger partial charge is 0.370 e. The van der Waals surface area contributed by atoms with Gasteiger partial charge in [0.25, 0.3) is 5.91 Å². The Hall–Kier alpha value is -2.52. The van der Waals surface area contributed by atoms with Crippen LogP contribution in [0.1, 0.15) is 21.5 Å². The fraction of sp³-hybridized carbons (Fsp3) is 0.409. The van der Waals surface area contributed by atoms with Crippen molar-refractivity contribution in [3.63, 3.8) is 0 Å². The van der Waals surface area contributed by atoms with Gasteiger partial charge in [0.1, 0.15) is 12.4 Å². The van der Waals surface area contributed by atoms with E-state index in [1.54, 1.807) is 41.3 Å². The molecular weight excluding hydrogens is 419 g/mol. The summed E-state index contributed by atoms with van der Waals surface area (Å²) < 4.78 is 68.8. The van der Waals surface area contributed by atoms with E-state index in [4.69, 9.17) is 4.74 Å². The van der Waals surface area contributed by atoms with Gasteiger partial charge in [-0.1, -0.05) is 30.3 Å². The smallest absolute Gasteiger partial charge is 0.330 e. The first kappa shape index (κ1) is 23.1. The Bertz CT molecular complexity index is 886. The van der Waals surface area contributed by atoms with E-state index in [1.807, 2.05) is 0 Å². The van der Waals surface area contributed by atoms with Crippen LogP contribution in [0.3, 0.4) is 0 Å². The Morgan fingerprint density at radius 3 is 2.42 bits per heavy atom. The zero-order valence-electron chi connectivity index (χ0n) is 16.7. The predicted octanol–water partition coefficient (Wildman–Crippen LogP) is 4.20. The van der Waals surface area contributed by atoms with Crippen LogP contribution in [-0.2, 0) is 17.9 Å². The summed E-state index contributed by atoms with van der Waals surface area (Å²) in [5.41, 5.74) is 1.41. The van der Waals surface area contributed by atoms with E-state index in [0.717, 1.165) is 0 Å². The van der Waals surface area contributed by atoms with Crippen LogP contribution in [0.4, 0.5) is 22.0 Å². The average Bonchev–Trinajstić information content (AvgIpc) is 2.75. The number of alkyl halides is 4. The summed E-state index contributed by atoms with van der Waals surface area (Å²) in [6.45, 7) is 0.873. The highest BCUT2D eigenvalue weighted by Crippen LogP contribution is 2.23. The number of halogens is 5. The molecule has 0 saturated carbocycles. The molecule has 1 aliphatic rings. The van der Waals surface area contributed by atoms with Gasteiger partial charge in [-0.3, -0.25) is 9.69 Å². The normalized spacial score (nSPS) is 15.5. The minimum Gasteiger partial charge on any atom is -0.370 e. The summed E-state index contributed by atoms with van der Waals surface area (Å²) in [6, 6.07) is 12.8. The van der Waals surface area contributed by atoms with Gasteiger partial charge in [0.15, 0.2) is 0 Å². The van der Waals surface area contributed by atoms with Gasteiger partial charge >= 0.3 is 12.3 Å². The van der Waals surface area contributed by atoms with Gasteiger partial charge in [-0.2, -0.15) is 8.78 Å². The Balaban J connectivity index is 1.51. The molecule has 0 N–H and O–H groups in total. The molecule has 0 aromatic heterocycles. The van der Waals surface area contributed by atoms with Crippen molar-refractivity contribution < 1.29 is 31.5 Å². The Kier molecular flexibility index (Phi) is 7.61. The van der Waals surface area contributed by atoms with Crippen molar-refractivity contribution in [1.29, 1.82) is 0 Å². The molecule has 1 saturated heterocycles. The molecule has 31 heavy (non-hydrogen) atoms. The number of piperazine rings is 1. The zero-order chi connectivity index (χ0) is 22.4. The van der Waals surface area contributed by atoms with E-state index in [0.29, 0.717) is 49.4 Å². The minimum atomic E-state index is -4.21. The molecular formula is C22H23F5N2O2. The minimum absolute atomic E-state index is 0.217. The predicted molar refractivity (Wildman–Crippen MR) is 105 cm³/mol. The molecule has 3 rings (SSSR count). The molecule has 0 spiro atoms. The SMILES string of the molecule is O=C(c1cccc(COCC(F)(F)C(F)F)c1)N1CCN(Cc2ccccc2F)CC1. The van der Waals surface area contributed by atoms with E-state index >= 15 is 0 Å². The van der Waals surface area contributed by atoms with Crippen molar-refractivity contribution in [2.75, 3.05) is 32.8 Å². The molecule has 2 aromatic rings. The number of carbonyl (C=O) groups excluding carboxylic acids is 1. The lowest BCUT2D eigenvalue weighted by molar-refractivity contribution is -0.168. The third kappa shape index (κ3) is 6.24. The van der Waals surface area contributed by atoms with Crippen molar-refractivity contribution >= 4 is 5.91 Å². The molecule has 1 heterocycles. The van der Waals surface area contributed by atoms with Crippen LogP contribution in [0.2, 0.25) is 0 Å². The highest BCUT2D eigenvalue weighted by atomic mass is 19.3. The molecule has 0 aliphatic carbocycles. The molecule has 2 aromatic carbocycles. The van der Waals surface area contributed by atoms with Crippen LogP contribution in [0.15, 0.2) is 48.5 Å². The maximum Gasteiger partial charge on any atom is 0.330 e. The van der Waals surface area contributed by atoms with Gasteiger partial charge in [-0.15, -0.1) is 0 Å². The first-order chi connectivity index (χ1) is 14.8. The van der Waals surface area contributed by atoms with Crippen molar-refractivity contribution in [3.05, 3.63) is 71.0 Å². The molecule has 0 bridgehead atoms. The Morgan fingerprint density at radius 1 is 1.03 bits per heavy atom. The maximum absolute atomic E-state index is 13.8. The lowest BCUT2D eigenvalue weighted by Crippen LogP contribution is -2.48. The molecule has 0 atom stereocenters.